The molecule has 4 heteroatoms. The second-order valence-corrected chi connectivity index (χ2v) is 31.0. The summed E-state index contributed by atoms with van der Waals surface area (Å²) in [5, 5.41) is 10.7. The summed E-state index contributed by atoms with van der Waals surface area (Å²) in [5.41, 5.74) is 21.8. The smallest absolute Gasteiger partial charge is 0.0991 e. The Morgan fingerprint density at radius 2 is 0.489 bits per heavy atom. The number of nitrogens with zero attached hydrogens (tertiary/aromatic N) is 2. The van der Waals surface area contributed by atoms with Crippen molar-refractivity contribution < 1.29 is 0 Å². The van der Waals surface area contributed by atoms with Crippen LogP contribution < -0.4 is 4.90 Å². The van der Waals surface area contributed by atoms with Gasteiger partial charge in [-0.2, -0.15) is 5.26 Å². The zero-order valence-corrected chi connectivity index (χ0v) is 61.9. The molecular formula is C88H120Br2N2. The normalized spacial score (nSPS) is 14.2. The minimum Gasteiger partial charge on any atom is -0.310 e. The third-order valence-electron chi connectivity index (χ3n) is 22.6. The van der Waals surface area contributed by atoms with E-state index in [1.807, 2.05) is 0 Å². The molecule has 9 rings (SSSR count). The van der Waals surface area contributed by atoms with Crippen LogP contribution in [0.15, 0.2) is 118 Å². The first-order valence-electron chi connectivity index (χ1n) is 38.6. The van der Waals surface area contributed by atoms with Gasteiger partial charge in [0.05, 0.1) is 11.6 Å². The standard InChI is InChI=1S/C88H120Br2N2/c1-7-13-19-25-31-37-55-86(56-38-32-26-20-14-8-2)80-61-68(67-91)43-49-74(80)77-52-46-71(64-83(77)86)92(72-47-53-78-75-50-44-69(89)62-81(75)87(84(78)65-72,57-39-33-27-21-15-9-3)58-40-34-28-22-16-10-4)73-48-54-79-76-51-45-70(90)63-82(76)88(85(79)66-73,59-41-35-29-23-17-11-5)60-42-36-30-24-18-12-6/h43-54,61-66H,7-42,55-60H2,1-6H3. The predicted molar refractivity (Wildman–Crippen MR) is 408 cm³/mol. The average molecular weight is 1370 g/mol. The monoisotopic (exact) mass is 1360 g/mol. The lowest BCUT2D eigenvalue weighted by Gasteiger charge is -2.36. The number of rotatable bonds is 45. The lowest BCUT2D eigenvalue weighted by molar-refractivity contribution is 0.397. The van der Waals surface area contributed by atoms with Crippen LogP contribution in [0.1, 0.15) is 350 Å². The second-order valence-electron chi connectivity index (χ2n) is 29.1. The molecule has 496 valence electrons. The lowest BCUT2D eigenvalue weighted by atomic mass is 9.70. The first-order valence-corrected chi connectivity index (χ1v) is 40.2. The van der Waals surface area contributed by atoms with Crippen LogP contribution in [0.4, 0.5) is 17.1 Å². The van der Waals surface area contributed by atoms with Gasteiger partial charge in [-0.3, -0.25) is 0 Å². The van der Waals surface area contributed by atoms with Gasteiger partial charge in [0.15, 0.2) is 0 Å². The van der Waals surface area contributed by atoms with Crippen molar-refractivity contribution >= 4 is 48.9 Å². The highest BCUT2D eigenvalue weighted by molar-refractivity contribution is 9.10. The van der Waals surface area contributed by atoms with Gasteiger partial charge in [0.25, 0.3) is 0 Å². The van der Waals surface area contributed by atoms with Crippen LogP contribution in [0.3, 0.4) is 0 Å². The van der Waals surface area contributed by atoms with Crippen molar-refractivity contribution in [2.45, 2.75) is 327 Å². The topological polar surface area (TPSA) is 27.0 Å². The van der Waals surface area contributed by atoms with Crippen LogP contribution in [-0.2, 0) is 16.2 Å². The quantitative estimate of drug-likeness (QED) is 0.0356. The molecule has 0 aromatic heterocycles. The van der Waals surface area contributed by atoms with Crippen molar-refractivity contribution in [3.05, 3.63) is 157 Å². The van der Waals surface area contributed by atoms with E-state index < -0.39 is 0 Å². The third kappa shape index (κ3) is 17.0. The first kappa shape index (κ1) is 71.9. The molecule has 0 bridgehead atoms. The molecule has 0 N–H and O–H groups in total. The molecule has 0 aliphatic heterocycles. The molecule has 0 unspecified atom stereocenters. The summed E-state index contributed by atoms with van der Waals surface area (Å²) in [5.74, 6) is 0. The SMILES string of the molecule is CCCCCCCCC1(CCCCCCCC)c2cc(Br)ccc2-c2ccc(N(c3ccc4c(c3)C(CCCCCCCC)(CCCCCCCC)c3cc(Br)ccc3-4)c3ccc4c(c3)C(CCCCCCCC)(CCCCCCCC)c3cc(C#N)ccc3-4)cc21. The van der Waals surface area contributed by atoms with E-state index in [4.69, 9.17) is 0 Å². The molecular weight excluding hydrogens is 1240 g/mol. The second kappa shape index (κ2) is 36.6. The lowest BCUT2D eigenvalue weighted by Crippen LogP contribution is -2.27. The molecule has 0 saturated heterocycles. The summed E-state index contributed by atoms with van der Waals surface area (Å²) in [6, 6.07) is 47.3. The van der Waals surface area contributed by atoms with Gasteiger partial charge in [0, 0.05) is 42.3 Å². The Kier molecular flexibility index (Phi) is 28.6. The Bertz CT molecular complexity index is 3090. The van der Waals surface area contributed by atoms with Crippen molar-refractivity contribution in [1.29, 1.82) is 5.26 Å². The fraction of sp³-hybridized carbons (Fsp3) is 0.580. The minimum absolute atomic E-state index is 0.0799. The molecule has 0 fully saturated rings. The molecule has 92 heavy (non-hydrogen) atoms. The average Bonchev–Trinajstić information content (AvgIpc) is 1.57. The van der Waals surface area contributed by atoms with Crippen LogP contribution in [0.2, 0.25) is 0 Å². The van der Waals surface area contributed by atoms with Gasteiger partial charge in [0.2, 0.25) is 0 Å². The van der Waals surface area contributed by atoms with Crippen molar-refractivity contribution in [2.24, 2.45) is 0 Å². The number of hydrogen-bond acceptors (Lipinski definition) is 2. The Hall–Kier alpha value is -4.43. The molecule has 0 spiro atoms. The first-order chi connectivity index (χ1) is 45.2. The van der Waals surface area contributed by atoms with Crippen LogP contribution in [0, 0.1) is 11.3 Å². The van der Waals surface area contributed by atoms with E-state index in [0.29, 0.717) is 0 Å². The van der Waals surface area contributed by atoms with Crippen LogP contribution in [0.5, 0.6) is 0 Å². The highest BCUT2D eigenvalue weighted by atomic mass is 79.9. The Morgan fingerprint density at radius 1 is 0.272 bits per heavy atom. The molecule has 3 aliphatic carbocycles. The molecule has 6 aromatic rings. The van der Waals surface area contributed by atoms with Gasteiger partial charge in [0.1, 0.15) is 0 Å². The number of halogens is 2. The molecule has 0 saturated carbocycles. The summed E-state index contributed by atoms with van der Waals surface area (Å²) in [6.45, 7) is 14.1. The zero-order chi connectivity index (χ0) is 64.6. The maximum atomic E-state index is 10.7. The molecule has 6 aromatic carbocycles. The van der Waals surface area contributed by atoms with Crippen molar-refractivity contribution in [3.63, 3.8) is 0 Å². The summed E-state index contributed by atoms with van der Waals surface area (Å²) in [6.07, 6.45) is 53.5. The highest BCUT2D eigenvalue weighted by Crippen LogP contribution is 2.61. The van der Waals surface area contributed by atoms with Crippen molar-refractivity contribution in [2.75, 3.05) is 4.90 Å². The number of nitriles is 1. The Morgan fingerprint density at radius 3 is 0.750 bits per heavy atom. The third-order valence-corrected chi connectivity index (χ3v) is 23.6. The maximum Gasteiger partial charge on any atom is 0.0991 e. The van der Waals surface area contributed by atoms with Gasteiger partial charge >= 0.3 is 0 Å². The predicted octanol–water partition coefficient (Wildman–Crippen LogP) is 29.9. The molecule has 0 amide bonds. The summed E-state index contributed by atoms with van der Waals surface area (Å²) in [7, 11) is 0. The van der Waals surface area contributed by atoms with E-state index in [9.17, 15) is 5.26 Å². The zero-order valence-electron chi connectivity index (χ0n) is 58.7. The Balaban J connectivity index is 1.26. The van der Waals surface area contributed by atoms with E-state index in [0.717, 1.165) is 18.4 Å². The van der Waals surface area contributed by atoms with Crippen LogP contribution in [-0.4, -0.2) is 0 Å². The van der Waals surface area contributed by atoms with E-state index in [2.05, 4.69) is 194 Å². The van der Waals surface area contributed by atoms with Crippen molar-refractivity contribution in [1.82, 2.24) is 0 Å². The molecule has 0 heterocycles. The van der Waals surface area contributed by atoms with Crippen molar-refractivity contribution in [3.8, 4) is 39.4 Å². The molecule has 0 atom stereocenters. The molecule has 3 aliphatic rings. The number of fused-ring (bicyclic) bond motifs is 9. The number of hydrogen-bond donors (Lipinski definition) is 0. The van der Waals surface area contributed by atoms with Crippen LogP contribution in [0.25, 0.3) is 33.4 Å². The fourth-order valence-electron chi connectivity index (χ4n) is 17.6. The molecule has 2 nitrogen and oxygen atoms in total. The van der Waals surface area contributed by atoms with E-state index in [-0.39, 0.29) is 16.2 Å². The van der Waals surface area contributed by atoms with Crippen LogP contribution >= 0.6 is 31.9 Å². The molecule has 0 radical (unpaired) electrons. The van der Waals surface area contributed by atoms with E-state index in [1.54, 1.807) is 22.3 Å². The number of benzene rings is 6. The Labute approximate surface area is 579 Å². The highest BCUT2D eigenvalue weighted by Gasteiger charge is 2.47. The summed E-state index contributed by atoms with van der Waals surface area (Å²) < 4.78 is 2.40. The largest absolute Gasteiger partial charge is 0.310 e. The fourth-order valence-corrected chi connectivity index (χ4v) is 18.3. The minimum atomic E-state index is -0.179. The van der Waals surface area contributed by atoms with E-state index >= 15 is 0 Å². The van der Waals surface area contributed by atoms with Gasteiger partial charge in [-0.25, -0.2) is 0 Å². The van der Waals surface area contributed by atoms with E-state index in [1.165, 1.54) is 327 Å². The van der Waals surface area contributed by atoms with Gasteiger partial charge in [-0.15, -0.1) is 0 Å². The number of unbranched alkanes of at least 4 members (excludes halogenated alkanes) is 30. The maximum absolute atomic E-state index is 10.7. The van der Waals surface area contributed by atoms with Gasteiger partial charge < -0.3 is 4.90 Å². The number of anilines is 3. The van der Waals surface area contributed by atoms with Gasteiger partial charge in [-0.1, -0.05) is 341 Å². The van der Waals surface area contributed by atoms with Gasteiger partial charge in [-0.05, 0) is 178 Å². The summed E-state index contributed by atoms with van der Waals surface area (Å²) in [4.78, 5) is 2.75. The summed E-state index contributed by atoms with van der Waals surface area (Å²) >= 11 is 8.15.